The van der Waals surface area contributed by atoms with Crippen LogP contribution < -0.4 is 10.6 Å². The monoisotopic (exact) mass is 534 g/mol. The second-order valence-corrected chi connectivity index (χ2v) is 9.62. The van der Waals surface area contributed by atoms with Gasteiger partial charge in [-0.05, 0) is 37.0 Å². The first kappa shape index (κ1) is 24.8. The summed E-state index contributed by atoms with van der Waals surface area (Å²) in [6.45, 7) is 2.07. The highest BCUT2D eigenvalue weighted by atomic mass is 19.4. The molecule has 0 saturated carbocycles. The Morgan fingerprint density at radius 2 is 1.77 bits per heavy atom. The Morgan fingerprint density at radius 3 is 2.49 bits per heavy atom. The zero-order valence-corrected chi connectivity index (χ0v) is 21.1. The summed E-state index contributed by atoms with van der Waals surface area (Å²) < 4.78 is 42.1. The Morgan fingerprint density at radius 1 is 1.00 bits per heavy atom. The molecule has 12 heteroatoms. The minimum Gasteiger partial charge on any atom is -0.356 e. The highest BCUT2D eigenvalue weighted by Crippen LogP contribution is 2.31. The number of anilines is 1. The molecule has 1 aliphatic heterocycles. The number of piperidine rings is 1. The van der Waals surface area contributed by atoms with Gasteiger partial charge in [0.2, 0.25) is 0 Å². The molecule has 0 unspecified atom stereocenters. The van der Waals surface area contributed by atoms with Crippen molar-refractivity contribution in [2.45, 2.75) is 32.0 Å². The molecule has 39 heavy (non-hydrogen) atoms. The van der Waals surface area contributed by atoms with Gasteiger partial charge in [-0.15, -0.1) is 0 Å². The van der Waals surface area contributed by atoms with E-state index in [-0.39, 0.29) is 18.1 Å². The number of alkyl halides is 3. The van der Waals surface area contributed by atoms with Gasteiger partial charge in [0.25, 0.3) is 0 Å². The van der Waals surface area contributed by atoms with Crippen LogP contribution in [0.2, 0.25) is 0 Å². The predicted octanol–water partition coefficient (Wildman–Crippen LogP) is 4.64. The van der Waals surface area contributed by atoms with Crippen molar-refractivity contribution < 1.29 is 13.2 Å². The predicted molar refractivity (Wildman–Crippen MR) is 140 cm³/mol. The number of imidazole rings is 2. The number of halogens is 3. The normalized spacial score (nSPS) is 14.3. The first-order valence-electron chi connectivity index (χ1n) is 12.6. The molecule has 1 saturated heterocycles. The second kappa shape index (κ2) is 9.68. The first-order valence-corrected chi connectivity index (χ1v) is 12.6. The van der Waals surface area contributed by atoms with Crippen molar-refractivity contribution in [3.05, 3.63) is 76.7 Å². The van der Waals surface area contributed by atoms with Crippen LogP contribution in [-0.4, -0.2) is 47.1 Å². The van der Waals surface area contributed by atoms with Crippen LogP contribution in [0.3, 0.4) is 0 Å². The number of aromatic nitrogens is 7. The molecule has 0 atom stereocenters. The van der Waals surface area contributed by atoms with E-state index in [0.717, 1.165) is 49.1 Å². The molecule has 0 aliphatic carbocycles. The molecular formula is C27H25F3N8O. The van der Waals surface area contributed by atoms with Gasteiger partial charge in [0.15, 0.2) is 17.2 Å². The van der Waals surface area contributed by atoms with Gasteiger partial charge in [-0.1, -0.05) is 24.3 Å². The number of pyridine rings is 1. The number of hydrogen-bond donors (Lipinski definition) is 1. The van der Waals surface area contributed by atoms with Crippen molar-refractivity contribution in [1.29, 1.82) is 0 Å². The summed E-state index contributed by atoms with van der Waals surface area (Å²) in [5, 5.41) is 0. The lowest BCUT2D eigenvalue weighted by Gasteiger charge is -2.29. The highest BCUT2D eigenvalue weighted by Gasteiger charge is 2.34. The first-order chi connectivity index (χ1) is 18.8. The Kier molecular flexibility index (Phi) is 6.16. The lowest BCUT2D eigenvalue weighted by Crippen LogP contribution is -2.30. The molecule has 5 aromatic rings. The smallest absolute Gasteiger partial charge is 0.356 e. The van der Waals surface area contributed by atoms with Crippen LogP contribution in [0.4, 0.5) is 19.0 Å². The number of H-pyrrole nitrogens is 1. The number of nitrogens with zero attached hydrogens (tertiary/aromatic N) is 7. The van der Waals surface area contributed by atoms with E-state index in [1.165, 1.54) is 22.6 Å². The summed E-state index contributed by atoms with van der Waals surface area (Å²) in [4.78, 5) is 35.5. The number of aryl methyl sites for hydroxylation is 1. The third-order valence-electron chi connectivity index (χ3n) is 6.91. The van der Waals surface area contributed by atoms with Gasteiger partial charge in [0.05, 0.1) is 18.3 Å². The van der Waals surface area contributed by atoms with Crippen LogP contribution in [0, 0.1) is 0 Å². The molecule has 1 aromatic carbocycles. The summed E-state index contributed by atoms with van der Waals surface area (Å²) in [6.07, 6.45) is 3.23. The molecule has 6 rings (SSSR count). The molecular weight excluding hydrogens is 509 g/mol. The quantitative estimate of drug-likeness (QED) is 0.353. The van der Waals surface area contributed by atoms with E-state index in [9.17, 15) is 18.0 Å². The number of fused-ring (bicyclic) bond motifs is 1. The van der Waals surface area contributed by atoms with Crippen molar-refractivity contribution in [3.8, 4) is 22.8 Å². The van der Waals surface area contributed by atoms with Gasteiger partial charge in [0.1, 0.15) is 17.2 Å². The van der Waals surface area contributed by atoms with Gasteiger partial charge in [-0.25, -0.2) is 24.7 Å². The molecule has 1 N–H and O–H groups in total. The second-order valence-electron chi connectivity index (χ2n) is 9.62. The maximum absolute atomic E-state index is 13.1. The van der Waals surface area contributed by atoms with Crippen molar-refractivity contribution in [2.75, 3.05) is 18.0 Å². The van der Waals surface area contributed by atoms with E-state index in [0.29, 0.717) is 22.6 Å². The molecule has 200 valence electrons. The third-order valence-corrected chi connectivity index (χ3v) is 6.91. The molecule has 0 bridgehead atoms. The Bertz CT molecular complexity index is 1700. The Labute approximate surface area is 221 Å². The largest absolute Gasteiger partial charge is 0.434 e. The minimum atomic E-state index is -4.52. The van der Waals surface area contributed by atoms with Crippen molar-refractivity contribution in [2.24, 2.45) is 7.05 Å². The Balaban J connectivity index is 1.31. The number of aromatic amines is 1. The molecule has 4 aromatic heterocycles. The molecule has 0 spiro atoms. The summed E-state index contributed by atoms with van der Waals surface area (Å²) in [5.74, 6) is 1.52. The van der Waals surface area contributed by atoms with E-state index >= 15 is 0 Å². The van der Waals surface area contributed by atoms with Crippen LogP contribution in [0.5, 0.6) is 0 Å². The molecule has 1 aliphatic rings. The summed E-state index contributed by atoms with van der Waals surface area (Å²) in [7, 11) is 1.52. The van der Waals surface area contributed by atoms with Crippen molar-refractivity contribution in [1.82, 2.24) is 34.1 Å². The van der Waals surface area contributed by atoms with Gasteiger partial charge in [0, 0.05) is 38.1 Å². The van der Waals surface area contributed by atoms with E-state index < -0.39 is 11.9 Å². The fourth-order valence-corrected chi connectivity index (χ4v) is 4.96. The van der Waals surface area contributed by atoms with Crippen LogP contribution in [0.1, 0.15) is 30.5 Å². The fourth-order valence-electron chi connectivity index (χ4n) is 4.96. The van der Waals surface area contributed by atoms with E-state index in [4.69, 9.17) is 4.98 Å². The van der Waals surface area contributed by atoms with Crippen LogP contribution in [-0.2, 0) is 19.8 Å². The molecule has 5 heterocycles. The third kappa shape index (κ3) is 4.77. The summed E-state index contributed by atoms with van der Waals surface area (Å²) >= 11 is 0. The van der Waals surface area contributed by atoms with E-state index in [1.807, 2.05) is 12.1 Å². The van der Waals surface area contributed by atoms with Gasteiger partial charge in [-0.3, -0.25) is 4.57 Å². The van der Waals surface area contributed by atoms with Gasteiger partial charge in [-0.2, -0.15) is 13.2 Å². The standard InChI is InChI=1S/C27H25F3N8O/c1-36-16-21(27(28,29)30)34-23(36)18-9-7-17(8-10-18)15-38-25-20(33-26(38)39)14-32-22(35-25)19-6-5-11-31-24(19)37-12-3-2-4-13-37/h5-11,14,16H,2-4,12-13,15H2,1H3,(H,33,39). The summed E-state index contributed by atoms with van der Waals surface area (Å²) in [6, 6.07) is 10.7. The maximum Gasteiger partial charge on any atom is 0.434 e. The molecule has 0 radical (unpaired) electrons. The van der Waals surface area contributed by atoms with Gasteiger partial charge >= 0.3 is 11.9 Å². The number of nitrogens with one attached hydrogen (secondary N) is 1. The zero-order chi connectivity index (χ0) is 27.1. The van der Waals surface area contributed by atoms with E-state index in [1.54, 1.807) is 36.7 Å². The molecule has 9 nitrogen and oxygen atoms in total. The lowest BCUT2D eigenvalue weighted by molar-refractivity contribution is -0.140. The molecule has 0 amide bonds. The van der Waals surface area contributed by atoms with Crippen LogP contribution >= 0.6 is 0 Å². The van der Waals surface area contributed by atoms with Crippen molar-refractivity contribution >= 4 is 17.0 Å². The van der Waals surface area contributed by atoms with Crippen molar-refractivity contribution in [3.63, 3.8) is 0 Å². The number of rotatable bonds is 5. The van der Waals surface area contributed by atoms with E-state index in [2.05, 4.69) is 24.8 Å². The maximum atomic E-state index is 13.1. The average Bonchev–Trinajstić information content (AvgIpc) is 3.49. The SMILES string of the molecule is Cn1cc(C(F)(F)F)nc1-c1ccc(Cn2c(=O)[nH]c3cnc(-c4cccnc4N4CCCCC4)nc32)cc1. The average molecular weight is 535 g/mol. The zero-order valence-electron chi connectivity index (χ0n) is 21.1. The molecule has 1 fully saturated rings. The lowest BCUT2D eigenvalue weighted by atomic mass is 10.1. The topological polar surface area (TPSA) is 97.5 Å². The summed E-state index contributed by atoms with van der Waals surface area (Å²) in [5.41, 5.74) is 1.82. The number of hydrogen-bond acceptors (Lipinski definition) is 6. The fraction of sp³-hybridized carbons (Fsp3) is 0.296. The Hall–Kier alpha value is -4.48. The van der Waals surface area contributed by atoms with Gasteiger partial charge < -0.3 is 14.5 Å². The van der Waals surface area contributed by atoms with Crippen LogP contribution in [0.15, 0.2) is 59.8 Å². The minimum absolute atomic E-state index is 0.205. The highest BCUT2D eigenvalue weighted by molar-refractivity contribution is 5.77. The van der Waals surface area contributed by atoms with Crippen LogP contribution in [0.25, 0.3) is 33.9 Å². The number of benzene rings is 1.